The van der Waals surface area contributed by atoms with E-state index in [1.165, 1.54) is 0 Å². The summed E-state index contributed by atoms with van der Waals surface area (Å²) in [6.07, 6.45) is 5.10. The van der Waals surface area contributed by atoms with Crippen LogP contribution < -0.4 is 10.1 Å². The Morgan fingerprint density at radius 2 is 2.19 bits per heavy atom. The Labute approximate surface area is 94.3 Å². The number of nitrogens with one attached hydrogen (secondary N) is 1. The number of nitrogens with zero attached hydrogens (tertiary/aromatic N) is 2. The minimum Gasteiger partial charge on any atom is -0.456 e. The van der Waals surface area contributed by atoms with Gasteiger partial charge in [0, 0.05) is 25.0 Å². The Kier molecular flexibility index (Phi) is 3.33. The highest BCUT2D eigenvalue weighted by Crippen LogP contribution is 2.21. The molecule has 0 aromatic carbocycles. The smallest absolute Gasteiger partial charge is 0.145 e. The lowest BCUT2D eigenvalue weighted by Crippen LogP contribution is -1.98. The highest BCUT2D eigenvalue weighted by Gasteiger charge is 1.98. The number of hydrogen-bond acceptors (Lipinski definition) is 4. The van der Waals surface area contributed by atoms with Crippen LogP contribution in [0.3, 0.4) is 0 Å². The van der Waals surface area contributed by atoms with Crippen molar-refractivity contribution in [1.82, 2.24) is 9.97 Å². The van der Waals surface area contributed by atoms with Crippen molar-refractivity contribution in [3.8, 4) is 11.5 Å². The van der Waals surface area contributed by atoms with Crippen LogP contribution in [0, 0.1) is 0 Å². The van der Waals surface area contributed by atoms with E-state index in [1.54, 1.807) is 18.6 Å². The predicted octanol–water partition coefficient (Wildman–Crippen LogP) is 2.70. The van der Waals surface area contributed by atoms with Gasteiger partial charge in [0.2, 0.25) is 0 Å². The minimum atomic E-state index is 0.719. The zero-order valence-corrected chi connectivity index (χ0v) is 9.05. The average Bonchev–Trinajstić information content (AvgIpc) is 2.31. The third-order valence-corrected chi connectivity index (χ3v) is 1.96. The number of aromatic nitrogens is 2. The van der Waals surface area contributed by atoms with Crippen molar-refractivity contribution < 1.29 is 4.74 Å². The molecule has 2 heterocycles. The normalized spacial score (nSPS) is 9.81. The fraction of sp³-hybridized carbons (Fsp3) is 0.167. The molecule has 4 nitrogen and oxygen atoms in total. The van der Waals surface area contributed by atoms with E-state index in [0.717, 1.165) is 23.9 Å². The van der Waals surface area contributed by atoms with E-state index in [9.17, 15) is 0 Å². The van der Waals surface area contributed by atoms with Gasteiger partial charge >= 0.3 is 0 Å². The molecule has 0 aliphatic carbocycles. The van der Waals surface area contributed by atoms with E-state index in [4.69, 9.17) is 4.74 Å². The van der Waals surface area contributed by atoms with Gasteiger partial charge in [0.15, 0.2) is 0 Å². The van der Waals surface area contributed by atoms with Gasteiger partial charge in [-0.1, -0.05) is 0 Å². The van der Waals surface area contributed by atoms with Gasteiger partial charge in [-0.3, -0.25) is 4.98 Å². The molecular weight excluding hydrogens is 202 g/mol. The Balaban J connectivity index is 2.12. The molecule has 0 aliphatic rings. The third kappa shape index (κ3) is 2.70. The number of hydrogen-bond donors (Lipinski definition) is 1. The predicted molar refractivity (Wildman–Crippen MR) is 62.7 cm³/mol. The van der Waals surface area contributed by atoms with Crippen LogP contribution in [0.1, 0.15) is 6.92 Å². The van der Waals surface area contributed by atoms with E-state index in [2.05, 4.69) is 15.3 Å². The first-order chi connectivity index (χ1) is 7.88. The van der Waals surface area contributed by atoms with Crippen LogP contribution in [0.2, 0.25) is 0 Å². The summed E-state index contributed by atoms with van der Waals surface area (Å²) < 4.78 is 5.62. The molecule has 4 heteroatoms. The van der Waals surface area contributed by atoms with Gasteiger partial charge < -0.3 is 10.1 Å². The summed E-state index contributed by atoms with van der Waals surface area (Å²) in [5.74, 6) is 2.28. The molecule has 2 aromatic heterocycles. The van der Waals surface area contributed by atoms with E-state index < -0.39 is 0 Å². The summed E-state index contributed by atoms with van der Waals surface area (Å²) >= 11 is 0. The van der Waals surface area contributed by atoms with Crippen LogP contribution in [0.25, 0.3) is 0 Å². The molecule has 2 rings (SSSR count). The fourth-order valence-corrected chi connectivity index (χ4v) is 1.30. The lowest BCUT2D eigenvalue weighted by Gasteiger charge is -2.06. The largest absolute Gasteiger partial charge is 0.456 e. The van der Waals surface area contributed by atoms with Crippen molar-refractivity contribution in [1.29, 1.82) is 0 Å². The number of ether oxygens (including phenoxy) is 1. The van der Waals surface area contributed by atoms with Crippen LogP contribution in [0.5, 0.6) is 11.5 Å². The zero-order valence-electron chi connectivity index (χ0n) is 9.05. The number of anilines is 1. The third-order valence-electron chi connectivity index (χ3n) is 1.96. The topological polar surface area (TPSA) is 47.0 Å². The van der Waals surface area contributed by atoms with Crippen molar-refractivity contribution in [2.45, 2.75) is 6.92 Å². The number of pyridine rings is 2. The van der Waals surface area contributed by atoms with E-state index in [0.29, 0.717) is 0 Å². The molecule has 2 aromatic rings. The van der Waals surface area contributed by atoms with E-state index in [1.807, 2.05) is 31.2 Å². The summed E-state index contributed by atoms with van der Waals surface area (Å²) in [5.41, 5.74) is 0. The molecule has 16 heavy (non-hydrogen) atoms. The van der Waals surface area contributed by atoms with Crippen LogP contribution in [-0.4, -0.2) is 16.5 Å². The lowest BCUT2D eigenvalue weighted by atomic mass is 10.4. The molecule has 0 bridgehead atoms. The molecule has 0 amide bonds. The molecule has 0 saturated carbocycles. The molecule has 0 atom stereocenters. The molecule has 0 spiro atoms. The zero-order chi connectivity index (χ0) is 11.2. The molecule has 0 saturated heterocycles. The highest BCUT2D eigenvalue weighted by atomic mass is 16.5. The summed E-state index contributed by atoms with van der Waals surface area (Å²) in [4.78, 5) is 8.15. The van der Waals surface area contributed by atoms with Gasteiger partial charge in [-0.15, -0.1) is 0 Å². The van der Waals surface area contributed by atoms with Gasteiger partial charge in [-0.2, -0.15) is 0 Å². The second kappa shape index (κ2) is 5.11. The van der Waals surface area contributed by atoms with Crippen LogP contribution >= 0.6 is 0 Å². The first-order valence-electron chi connectivity index (χ1n) is 5.16. The van der Waals surface area contributed by atoms with Crippen molar-refractivity contribution in [2.75, 3.05) is 11.9 Å². The highest BCUT2D eigenvalue weighted by molar-refractivity contribution is 5.41. The summed E-state index contributed by atoms with van der Waals surface area (Å²) in [6.45, 7) is 2.86. The first kappa shape index (κ1) is 10.4. The second-order valence-electron chi connectivity index (χ2n) is 3.20. The Bertz CT molecular complexity index is 445. The molecule has 82 valence electrons. The van der Waals surface area contributed by atoms with Gasteiger partial charge in [-0.05, 0) is 25.1 Å². The Morgan fingerprint density at radius 1 is 1.25 bits per heavy atom. The maximum Gasteiger partial charge on any atom is 0.145 e. The maximum atomic E-state index is 5.62. The summed E-state index contributed by atoms with van der Waals surface area (Å²) in [7, 11) is 0. The van der Waals surface area contributed by atoms with Crippen LogP contribution in [0.4, 0.5) is 5.82 Å². The Morgan fingerprint density at radius 3 is 2.94 bits per heavy atom. The molecule has 0 fully saturated rings. The lowest BCUT2D eigenvalue weighted by molar-refractivity contribution is 0.480. The molecule has 0 unspecified atom stereocenters. The summed E-state index contributed by atoms with van der Waals surface area (Å²) in [6, 6.07) is 7.37. The van der Waals surface area contributed by atoms with E-state index in [-0.39, 0.29) is 0 Å². The van der Waals surface area contributed by atoms with Gasteiger partial charge in [0.05, 0.1) is 6.20 Å². The Hall–Kier alpha value is -2.10. The van der Waals surface area contributed by atoms with E-state index >= 15 is 0 Å². The quantitative estimate of drug-likeness (QED) is 0.851. The first-order valence-corrected chi connectivity index (χ1v) is 5.16. The second-order valence-corrected chi connectivity index (χ2v) is 3.20. The monoisotopic (exact) mass is 215 g/mol. The molecular formula is C12H13N3O. The van der Waals surface area contributed by atoms with Crippen molar-refractivity contribution >= 4 is 5.82 Å². The minimum absolute atomic E-state index is 0.719. The van der Waals surface area contributed by atoms with Crippen LogP contribution in [0.15, 0.2) is 42.9 Å². The van der Waals surface area contributed by atoms with Crippen molar-refractivity contribution in [3.63, 3.8) is 0 Å². The van der Waals surface area contributed by atoms with Gasteiger partial charge in [0.25, 0.3) is 0 Å². The standard InChI is InChI=1S/C12H13N3O/c1-2-14-12-8-10(5-7-15-12)16-11-4-3-6-13-9-11/h3-9H,2H2,1H3,(H,14,15). The molecule has 0 aliphatic heterocycles. The van der Waals surface area contributed by atoms with Crippen LogP contribution in [-0.2, 0) is 0 Å². The number of rotatable bonds is 4. The van der Waals surface area contributed by atoms with Crippen molar-refractivity contribution in [2.24, 2.45) is 0 Å². The fourth-order valence-electron chi connectivity index (χ4n) is 1.30. The SMILES string of the molecule is CCNc1cc(Oc2cccnc2)ccn1. The summed E-state index contributed by atoms with van der Waals surface area (Å²) in [5, 5.41) is 3.13. The van der Waals surface area contributed by atoms with Gasteiger partial charge in [0.1, 0.15) is 17.3 Å². The molecule has 0 radical (unpaired) electrons. The van der Waals surface area contributed by atoms with Crippen molar-refractivity contribution in [3.05, 3.63) is 42.9 Å². The van der Waals surface area contributed by atoms with Gasteiger partial charge in [-0.25, -0.2) is 4.98 Å². The molecule has 1 N–H and O–H groups in total. The maximum absolute atomic E-state index is 5.62. The average molecular weight is 215 g/mol.